The molecule has 1 heterocycles. The quantitative estimate of drug-likeness (QED) is 0.909. The van der Waals surface area contributed by atoms with Crippen LogP contribution in [-0.4, -0.2) is 17.0 Å². The lowest BCUT2D eigenvalue weighted by Crippen LogP contribution is -2.34. The van der Waals surface area contributed by atoms with E-state index in [0.29, 0.717) is 0 Å². The fourth-order valence-corrected chi connectivity index (χ4v) is 2.19. The van der Waals surface area contributed by atoms with Crippen LogP contribution in [0.2, 0.25) is 0 Å². The molecule has 0 fully saturated rings. The van der Waals surface area contributed by atoms with Crippen molar-refractivity contribution in [3.8, 4) is 11.3 Å². The van der Waals surface area contributed by atoms with Gasteiger partial charge in [-0.2, -0.15) is 0 Å². The molecule has 4 heteroatoms. The first kappa shape index (κ1) is 13.3. The predicted octanol–water partition coefficient (Wildman–Crippen LogP) is 3.60. The van der Waals surface area contributed by atoms with E-state index in [-0.39, 0.29) is 5.54 Å². The third-order valence-corrected chi connectivity index (χ3v) is 3.69. The van der Waals surface area contributed by atoms with Crippen molar-refractivity contribution >= 4 is 15.9 Å². The van der Waals surface area contributed by atoms with E-state index in [4.69, 9.17) is 4.98 Å². The number of H-pyrrole nitrogens is 1. The second kappa shape index (κ2) is 4.86. The Hall–Kier alpha value is -1.13. The maximum absolute atomic E-state index is 4.72. The van der Waals surface area contributed by atoms with Crippen LogP contribution in [0.4, 0.5) is 0 Å². The number of nitrogens with one attached hydrogen (secondary N) is 2. The Labute approximate surface area is 116 Å². The second-order valence-electron chi connectivity index (χ2n) is 4.94. The third kappa shape index (κ3) is 2.49. The molecular weight excluding hydrogens is 290 g/mol. The van der Waals surface area contributed by atoms with Crippen LogP contribution in [0.3, 0.4) is 0 Å². The highest BCUT2D eigenvalue weighted by molar-refractivity contribution is 9.10. The molecule has 1 aromatic carbocycles. The number of aromatic amines is 1. The summed E-state index contributed by atoms with van der Waals surface area (Å²) in [6, 6.07) is 8.20. The minimum Gasteiger partial charge on any atom is -0.344 e. The first-order valence-corrected chi connectivity index (χ1v) is 6.75. The summed E-state index contributed by atoms with van der Waals surface area (Å²) in [6.45, 7) is 6.27. The van der Waals surface area contributed by atoms with Crippen LogP contribution in [0, 0.1) is 6.92 Å². The Bertz CT molecular complexity index is 558. The van der Waals surface area contributed by atoms with Gasteiger partial charge in [0.05, 0.1) is 11.2 Å². The Morgan fingerprint density at radius 2 is 2.06 bits per heavy atom. The lowest BCUT2D eigenvalue weighted by molar-refractivity contribution is 0.420. The van der Waals surface area contributed by atoms with Crippen LogP contribution >= 0.6 is 15.9 Å². The van der Waals surface area contributed by atoms with Crippen molar-refractivity contribution in [2.45, 2.75) is 26.3 Å². The molecule has 0 radical (unpaired) electrons. The van der Waals surface area contributed by atoms with Gasteiger partial charge in [0.1, 0.15) is 5.82 Å². The average Bonchev–Trinajstić information content (AvgIpc) is 2.72. The van der Waals surface area contributed by atoms with Crippen LogP contribution in [0.15, 0.2) is 28.7 Å². The molecule has 0 saturated heterocycles. The Morgan fingerprint density at radius 3 is 2.67 bits per heavy atom. The van der Waals surface area contributed by atoms with Crippen molar-refractivity contribution in [3.63, 3.8) is 0 Å². The number of aryl methyl sites for hydroxylation is 1. The summed E-state index contributed by atoms with van der Waals surface area (Å²) in [7, 11) is 1.94. The molecule has 0 bridgehead atoms. The van der Waals surface area contributed by atoms with Gasteiger partial charge in [-0.25, -0.2) is 4.98 Å². The lowest BCUT2D eigenvalue weighted by atomic mass is 10.1. The van der Waals surface area contributed by atoms with E-state index in [9.17, 15) is 0 Å². The zero-order valence-corrected chi connectivity index (χ0v) is 12.7. The predicted molar refractivity (Wildman–Crippen MR) is 78.5 cm³/mol. The number of benzene rings is 1. The highest BCUT2D eigenvalue weighted by Gasteiger charge is 2.23. The monoisotopic (exact) mass is 307 g/mol. The largest absolute Gasteiger partial charge is 0.344 e. The zero-order valence-electron chi connectivity index (χ0n) is 11.1. The Balaban J connectivity index is 2.48. The van der Waals surface area contributed by atoms with Gasteiger partial charge in [0.2, 0.25) is 0 Å². The van der Waals surface area contributed by atoms with Crippen LogP contribution in [0.5, 0.6) is 0 Å². The Kier molecular flexibility index (Phi) is 3.59. The van der Waals surface area contributed by atoms with E-state index in [0.717, 1.165) is 27.2 Å². The third-order valence-electron chi connectivity index (χ3n) is 3.20. The van der Waals surface area contributed by atoms with E-state index < -0.39 is 0 Å². The van der Waals surface area contributed by atoms with Gasteiger partial charge in [-0.15, -0.1) is 0 Å². The standard InChI is InChI=1S/C14H18BrN3/c1-9-12(10-6-5-7-11(15)8-10)18-13(17-9)14(2,3)16-4/h5-8,16H,1-4H3,(H,17,18). The molecule has 2 rings (SSSR count). The Morgan fingerprint density at radius 1 is 1.33 bits per heavy atom. The van der Waals surface area contributed by atoms with Gasteiger partial charge in [0, 0.05) is 15.7 Å². The summed E-state index contributed by atoms with van der Waals surface area (Å²) in [4.78, 5) is 8.09. The smallest absolute Gasteiger partial charge is 0.126 e. The van der Waals surface area contributed by atoms with Crippen LogP contribution in [0.1, 0.15) is 25.4 Å². The normalized spacial score (nSPS) is 11.8. The van der Waals surface area contributed by atoms with Crippen LogP contribution in [0.25, 0.3) is 11.3 Å². The molecule has 0 atom stereocenters. The molecule has 0 amide bonds. The molecule has 0 aliphatic rings. The molecule has 2 N–H and O–H groups in total. The fourth-order valence-electron chi connectivity index (χ4n) is 1.79. The molecular formula is C14H18BrN3. The molecule has 0 aliphatic heterocycles. The van der Waals surface area contributed by atoms with E-state index in [1.165, 1.54) is 0 Å². The van der Waals surface area contributed by atoms with E-state index in [1.54, 1.807) is 0 Å². The van der Waals surface area contributed by atoms with E-state index in [1.807, 2.05) is 19.2 Å². The molecule has 0 saturated carbocycles. The number of hydrogen-bond donors (Lipinski definition) is 2. The van der Waals surface area contributed by atoms with Crippen molar-refractivity contribution < 1.29 is 0 Å². The average molecular weight is 308 g/mol. The maximum atomic E-state index is 4.72. The van der Waals surface area contributed by atoms with Gasteiger partial charge in [0.25, 0.3) is 0 Å². The minimum absolute atomic E-state index is 0.158. The summed E-state index contributed by atoms with van der Waals surface area (Å²) < 4.78 is 1.07. The second-order valence-corrected chi connectivity index (χ2v) is 5.86. The summed E-state index contributed by atoms with van der Waals surface area (Å²) in [6.07, 6.45) is 0. The van der Waals surface area contributed by atoms with Gasteiger partial charge >= 0.3 is 0 Å². The van der Waals surface area contributed by atoms with Crippen molar-refractivity contribution in [2.24, 2.45) is 0 Å². The number of aromatic nitrogens is 2. The van der Waals surface area contributed by atoms with Gasteiger partial charge in [-0.05, 0) is 40.0 Å². The molecule has 96 valence electrons. The number of rotatable bonds is 3. The number of halogens is 1. The first-order valence-electron chi connectivity index (χ1n) is 5.96. The SMILES string of the molecule is CNC(C)(C)c1nc(-c2cccc(Br)c2)c(C)[nH]1. The molecule has 0 aliphatic carbocycles. The molecule has 3 nitrogen and oxygen atoms in total. The summed E-state index contributed by atoms with van der Waals surface area (Å²) >= 11 is 3.49. The van der Waals surface area contributed by atoms with Crippen LogP contribution in [-0.2, 0) is 5.54 Å². The summed E-state index contributed by atoms with van der Waals surface area (Å²) in [5.74, 6) is 0.956. The minimum atomic E-state index is -0.158. The van der Waals surface area contributed by atoms with Crippen molar-refractivity contribution in [3.05, 3.63) is 40.3 Å². The fraction of sp³-hybridized carbons (Fsp3) is 0.357. The van der Waals surface area contributed by atoms with Gasteiger partial charge < -0.3 is 10.3 Å². The highest BCUT2D eigenvalue weighted by Crippen LogP contribution is 2.27. The zero-order chi connectivity index (χ0) is 13.3. The van der Waals surface area contributed by atoms with Gasteiger partial charge in [-0.3, -0.25) is 0 Å². The highest BCUT2D eigenvalue weighted by atomic mass is 79.9. The van der Waals surface area contributed by atoms with Crippen molar-refractivity contribution in [1.29, 1.82) is 0 Å². The van der Waals surface area contributed by atoms with Crippen LogP contribution < -0.4 is 5.32 Å². The van der Waals surface area contributed by atoms with Gasteiger partial charge in [-0.1, -0.05) is 28.1 Å². The number of hydrogen-bond acceptors (Lipinski definition) is 2. The van der Waals surface area contributed by atoms with Gasteiger partial charge in [0.15, 0.2) is 0 Å². The maximum Gasteiger partial charge on any atom is 0.126 e. The lowest BCUT2D eigenvalue weighted by Gasteiger charge is -2.20. The molecule has 0 unspecified atom stereocenters. The van der Waals surface area contributed by atoms with E-state index >= 15 is 0 Å². The van der Waals surface area contributed by atoms with E-state index in [2.05, 4.69) is 59.1 Å². The topological polar surface area (TPSA) is 40.7 Å². The molecule has 0 spiro atoms. The molecule has 2 aromatic rings. The number of imidazole rings is 1. The summed E-state index contributed by atoms with van der Waals surface area (Å²) in [5, 5.41) is 3.26. The number of nitrogens with zero attached hydrogens (tertiary/aromatic N) is 1. The van der Waals surface area contributed by atoms with Crippen molar-refractivity contribution in [2.75, 3.05) is 7.05 Å². The first-order chi connectivity index (χ1) is 8.44. The van der Waals surface area contributed by atoms with Crippen molar-refractivity contribution in [1.82, 2.24) is 15.3 Å². The summed E-state index contributed by atoms with van der Waals surface area (Å²) in [5.41, 5.74) is 3.06. The molecule has 1 aromatic heterocycles. The molecule has 18 heavy (non-hydrogen) atoms.